The maximum atomic E-state index is 7.64. The molecule has 0 saturated heterocycles. The fourth-order valence-corrected chi connectivity index (χ4v) is 1.74. The van der Waals surface area contributed by atoms with Crippen LogP contribution in [0.3, 0.4) is 0 Å². The molecular weight excluding hydrogens is 226 g/mol. The first-order valence-corrected chi connectivity index (χ1v) is 5.80. The van der Waals surface area contributed by atoms with Gasteiger partial charge in [-0.05, 0) is 26.8 Å². The Hall–Kier alpha value is -2.10. The van der Waals surface area contributed by atoms with Gasteiger partial charge in [0.05, 0.1) is 5.52 Å². The van der Waals surface area contributed by atoms with E-state index in [1.807, 2.05) is 45.0 Å². The van der Waals surface area contributed by atoms with Crippen molar-refractivity contribution >= 4 is 16.7 Å². The van der Waals surface area contributed by atoms with Crippen LogP contribution < -0.4 is 10.5 Å². The highest BCUT2D eigenvalue weighted by molar-refractivity contribution is 6.06. The summed E-state index contributed by atoms with van der Waals surface area (Å²) < 4.78 is 5.74. The Morgan fingerprint density at radius 2 is 1.94 bits per heavy atom. The maximum Gasteiger partial charge on any atom is 0.215 e. The number of para-hydroxylation sites is 1. The molecule has 2 aromatic rings. The number of hydrogen-bond acceptors (Lipinski definition) is 3. The lowest BCUT2D eigenvalue weighted by Gasteiger charge is -2.21. The first-order valence-electron chi connectivity index (χ1n) is 5.80. The molecule has 0 aliphatic heterocycles. The highest BCUT2D eigenvalue weighted by atomic mass is 16.5. The Morgan fingerprint density at radius 3 is 2.56 bits per heavy atom. The van der Waals surface area contributed by atoms with Gasteiger partial charge in [0.2, 0.25) is 5.88 Å². The van der Waals surface area contributed by atoms with Crippen molar-refractivity contribution in [2.75, 3.05) is 0 Å². The van der Waals surface area contributed by atoms with Gasteiger partial charge in [0.15, 0.2) is 0 Å². The summed E-state index contributed by atoms with van der Waals surface area (Å²) >= 11 is 0. The average molecular weight is 243 g/mol. The van der Waals surface area contributed by atoms with Crippen molar-refractivity contribution in [3.63, 3.8) is 0 Å². The van der Waals surface area contributed by atoms with E-state index in [4.69, 9.17) is 15.9 Å². The standard InChI is InChI=1S/C14H17N3O/c1-14(2,3)18-12-8-10(13(15)16)9-6-4-5-7-11(9)17-12/h4-8H,1-3H3,(H3,15,16). The Bertz CT molecular complexity index is 600. The lowest BCUT2D eigenvalue weighted by molar-refractivity contribution is 0.124. The molecule has 4 nitrogen and oxygen atoms in total. The number of nitrogens with two attached hydrogens (primary N) is 1. The fraction of sp³-hybridized carbons (Fsp3) is 0.286. The molecule has 1 aromatic heterocycles. The van der Waals surface area contributed by atoms with Crippen LogP contribution in [0.5, 0.6) is 5.88 Å². The third-order valence-electron chi connectivity index (χ3n) is 2.39. The number of nitrogens with zero attached hydrogens (tertiary/aromatic N) is 1. The van der Waals surface area contributed by atoms with Gasteiger partial charge < -0.3 is 10.5 Å². The van der Waals surface area contributed by atoms with E-state index in [2.05, 4.69) is 4.98 Å². The zero-order chi connectivity index (χ0) is 13.3. The van der Waals surface area contributed by atoms with E-state index in [1.54, 1.807) is 6.07 Å². The van der Waals surface area contributed by atoms with Gasteiger partial charge in [-0.2, -0.15) is 0 Å². The first kappa shape index (κ1) is 12.4. The number of nitrogen functional groups attached to an aromatic ring is 1. The molecule has 4 heteroatoms. The molecule has 0 bridgehead atoms. The van der Waals surface area contributed by atoms with Crippen molar-refractivity contribution in [2.45, 2.75) is 26.4 Å². The third kappa shape index (κ3) is 2.59. The van der Waals surface area contributed by atoms with E-state index < -0.39 is 0 Å². The maximum absolute atomic E-state index is 7.64. The highest BCUT2D eigenvalue weighted by Gasteiger charge is 2.15. The fourth-order valence-electron chi connectivity index (χ4n) is 1.74. The van der Waals surface area contributed by atoms with Crippen LogP contribution in [0, 0.1) is 5.41 Å². The molecule has 18 heavy (non-hydrogen) atoms. The Balaban J connectivity index is 2.61. The van der Waals surface area contributed by atoms with E-state index in [-0.39, 0.29) is 11.4 Å². The molecule has 2 rings (SSSR count). The van der Waals surface area contributed by atoms with Crippen LogP contribution in [0.1, 0.15) is 26.3 Å². The summed E-state index contributed by atoms with van der Waals surface area (Å²) in [7, 11) is 0. The predicted molar refractivity (Wildman–Crippen MR) is 73.1 cm³/mol. The molecule has 1 heterocycles. The summed E-state index contributed by atoms with van der Waals surface area (Å²) in [6, 6.07) is 9.31. The normalized spacial score (nSPS) is 11.5. The quantitative estimate of drug-likeness (QED) is 0.629. The zero-order valence-electron chi connectivity index (χ0n) is 10.8. The van der Waals surface area contributed by atoms with Crippen molar-refractivity contribution < 1.29 is 4.74 Å². The van der Waals surface area contributed by atoms with E-state index in [9.17, 15) is 0 Å². The lowest BCUT2D eigenvalue weighted by Crippen LogP contribution is -2.24. The monoisotopic (exact) mass is 243 g/mol. The summed E-state index contributed by atoms with van der Waals surface area (Å²) in [6.07, 6.45) is 0. The van der Waals surface area contributed by atoms with Gasteiger partial charge in [0.1, 0.15) is 11.4 Å². The van der Waals surface area contributed by atoms with Gasteiger partial charge in [0.25, 0.3) is 0 Å². The van der Waals surface area contributed by atoms with Crippen LogP contribution in [-0.4, -0.2) is 16.4 Å². The second-order valence-electron chi connectivity index (χ2n) is 5.15. The van der Waals surface area contributed by atoms with Gasteiger partial charge in [0, 0.05) is 17.0 Å². The molecule has 0 spiro atoms. The van der Waals surface area contributed by atoms with Crippen molar-refractivity contribution in [2.24, 2.45) is 5.73 Å². The number of pyridine rings is 1. The number of aromatic nitrogens is 1. The summed E-state index contributed by atoms with van der Waals surface area (Å²) in [5.41, 5.74) is 6.72. The smallest absolute Gasteiger partial charge is 0.215 e. The molecule has 0 fully saturated rings. The van der Waals surface area contributed by atoms with Crippen LogP contribution in [0.2, 0.25) is 0 Å². The van der Waals surface area contributed by atoms with Crippen molar-refractivity contribution in [3.8, 4) is 5.88 Å². The molecule has 94 valence electrons. The number of ether oxygens (including phenoxy) is 1. The molecule has 1 aromatic carbocycles. The van der Waals surface area contributed by atoms with E-state index in [0.717, 1.165) is 10.9 Å². The summed E-state index contributed by atoms with van der Waals surface area (Å²) in [5, 5.41) is 8.51. The van der Waals surface area contributed by atoms with Crippen LogP contribution in [0.4, 0.5) is 0 Å². The van der Waals surface area contributed by atoms with Crippen LogP contribution in [0.15, 0.2) is 30.3 Å². The number of nitrogens with one attached hydrogen (secondary N) is 1. The second-order valence-corrected chi connectivity index (χ2v) is 5.15. The Kier molecular flexibility index (Phi) is 2.95. The van der Waals surface area contributed by atoms with Crippen LogP contribution in [-0.2, 0) is 0 Å². The number of fused-ring (bicyclic) bond motifs is 1. The van der Waals surface area contributed by atoms with E-state index in [1.165, 1.54) is 0 Å². The van der Waals surface area contributed by atoms with Gasteiger partial charge in [-0.15, -0.1) is 0 Å². The average Bonchev–Trinajstić information content (AvgIpc) is 2.25. The molecular formula is C14H17N3O. The lowest BCUT2D eigenvalue weighted by atomic mass is 10.1. The van der Waals surface area contributed by atoms with E-state index >= 15 is 0 Å². The molecule has 0 radical (unpaired) electrons. The van der Waals surface area contributed by atoms with Crippen LogP contribution >= 0.6 is 0 Å². The number of benzene rings is 1. The molecule has 0 aliphatic rings. The largest absolute Gasteiger partial charge is 0.472 e. The molecule has 0 unspecified atom stereocenters. The Morgan fingerprint density at radius 1 is 1.28 bits per heavy atom. The van der Waals surface area contributed by atoms with Gasteiger partial charge in [-0.3, -0.25) is 5.41 Å². The molecule has 0 amide bonds. The zero-order valence-corrected chi connectivity index (χ0v) is 10.8. The van der Waals surface area contributed by atoms with Gasteiger partial charge >= 0.3 is 0 Å². The van der Waals surface area contributed by atoms with Crippen molar-refractivity contribution in [1.29, 1.82) is 5.41 Å². The second kappa shape index (κ2) is 4.29. The van der Waals surface area contributed by atoms with Crippen molar-refractivity contribution in [3.05, 3.63) is 35.9 Å². The van der Waals surface area contributed by atoms with Crippen LogP contribution in [0.25, 0.3) is 10.9 Å². The summed E-state index contributed by atoms with van der Waals surface area (Å²) in [4.78, 5) is 4.43. The highest BCUT2D eigenvalue weighted by Crippen LogP contribution is 2.24. The minimum Gasteiger partial charge on any atom is -0.472 e. The minimum atomic E-state index is -0.330. The molecule has 0 saturated carbocycles. The summed E-state index contributed by atoms with van der Waals surface area (Å²) in [5.74, 6) is 0.513. The molecule has 0 aliphatic carbocycles. The number of amidine groups is 1. The van der Waals surface area contributed by atoms with Gasteiger partial charge in [-0.1, -0.05) is 18.2 Å². The SMILES string of the molecule is CC(C)(C)Oc1cc(C(=N)N)c2ccccc2n1. The topological polar surface area (TPSA) is 72.0 Å². The Labute approximate surface area is 106 Å². The van der Waals surface area contributed by atoms with E-state index in [0.29, 0.717) is 11.4 Å². The van der Waals surface area contributed by atoms with Crippen molar-refractivity contribution in [1.82, 2.24) is 4.98 Å². The predicted octanol–water partition coefficient (Wildman–Crippen LogP) is 2.70. The minimum absolute atomic E-state index is 0.0207. The number of rotatable bonds is 2. The molecule has 0 atom stereocenters. The third-order valence-corrected chi connectivity index (χ3v) is 2.39. The molecule has 3 N–H and O–H groups in total. The number of hydrogen-bond donors (Lipinski definition) is 2. The first-order chi connectivity index (χ1) is 8.37. The summed E-state index contributed by atoms with van der Waals surface area (Å²) in [6.45, 7) is 5.87. The van der Waals surface area contributed by atoms with Gasteiger partial charge in [-0.25, -0.2) is 4.98 Å².